The molecule has 0 aliphatic carbocycles. The summed E-state index contributed by atoms with van der Waals surface area (Å²) in [6.45, 7) is -0.250. The second-order valence-corrected chi connectivity index (χ2v) is 5.06. The van der Waals surface area contributed by atoms with Gasteiger partial charge in [-0.3, -0.25) is 0 Å². The predicted octanol–water partition coefficient (Wildman–Crippen LogP) is -0.896. The molecule has 0 spiro atoms. The third-order valence-electron chi connectivity index (χ3n) is 3.75. The number of rotatable bonds is 2. The molecule has 7 heteroatoms. The highest BCUT2D eigenvalue weighted by Gasteiger charge is 2.73. The molecule has 3 N–H and O–H groups in total. The molecule has 108 valence electrons. The summed E-state index contributed by atoms with van der Waals surface area (Å²) in [6, 6.07) is 5.10. The van der Waals surface area contributed by atoms with Crippen LogP contribution in [-0.2, 0) is 20.7 Å². The molecule has 2 saturated heterocycles. The summed E-state index contributed by atoms with van der Waals surface area (Å²) >= 11 is 0. The second kappa shape index (κ2) is 4.23. The lowest BCUT2D eigenvalue weighted by molar-refractivity contribution is -0.262. The Hall–Kier alpha value is -1.54. The van der Waals surface area contributed by atoms with Gasteiger partial charge in [0.15, 0.2) is 6.10 Å². The van der Waals surface area contributed by atoms with Gasteiger partial charge < -0.3 is 24.8 Å². The Bertz CT molecular complexity index is 546. The average Bonchev–Trinajstić information content (AvgIpc) is 2.80. The summed E-state index contributed by atoms with van der Waals surface area (Å²) in [7, 11) is 0. The Balaban J connectivity index is 1.94. The zero-order valence-electron chi connectivity index (χ0n) is 10.3. The van der Waals surface area contributed by atoms with Gasteiger partial charge in [-0.15, -0.1) is 0 Å². The fourth-order valence-corrected chi connectivity index (χ4v) is 2.61. The molecule has 1 aromatic carbocycles. The summed E-state index contributed by atoms with van der Waals surface area (Å²) in [4.78, 5) is 11.8. The summed E-state index contributed by atoms with van der Waals surface area (Å²) in [6.07, 6.45) is -2.85. The molecule has 3 rings (SSSR count). The maximum Gasteiger partial charge on any atom is 0.344 e. The largest absolute Gasteiger partial charge is 0.451 e. The number of halogens is 1. The first kappa shape index (κ1) is 13.4. The summed E-state index contributed by atoms with van der Waals surface area (Å²) < 4.78 is 22.7. The fraction of sp³-hybridized carbons (Fsp3) is 0.462. The Morgan fingerprint density at radius 2 is 1.95 bits per heavy atom. The van der Waals surface area contributed by atoms with Gasteiger partial charge >= 0.3 is 5.97 Å². The van der Waals surface area contributed by atoms with E-state index in [9.17, 15) is 24.5 Å². The van der Waals surface area contributed by atoms with E-state index in [1.165, 1.54) is 24.3 Å². The number of benzene rings is 1. The first-order valence-corrected chi connectivity index (χ1v) is 6.09. The standard InChI is InChI=1S/C13H13FO6/c14-8-3-1-7(2-4-8)5-12(17)11(16)20-10-9(15)6-19-13(10,12)18/h1-4,9-10,15,17-18H,5-6H2/t9-,10+,12-,13-/m0/s1. The summed E-state index contributed by atoms with van der Waals surface area (Å²) in [5.41, 5.74) is -1.92. The molecule has 4 atom stereocenters. The van der Waals surface area contributed by atoms with Crippen molar-refractivity contribution in [2.24, 2.45) is 0 Å². The molecule has 0 bridgehead atoms. The molecule has 2 aliphatic heterocycles. The second-order valence-electron chi connectivity index (χ2n) is 5.06. The minimum absolute atomic E-state index is 0.250. The van der Waals surface area contributed by atoms with E-state index in [-0.39, 0.29) is 13.0 Å². The van der Waals surface area contributed by atoms with Gasteiger partial charge in [-0.05, 0) is 17.7 Å². The molecule has 1 aromatic rings. The molecule has 2 heterocycles. The molecule has 0 aromatic heterocycles. The molecular weight excluding hydrogens is 271 g/mol. The number of fused-ring (bicyclic) bond motifs is 1. The quantitative estimate of drug-likeness (QED) is 0.609. The molecule has 0 radical (unpaired) electrons. The summed E-state index contributed by atoms with van der Waals surface area (Å²) in [5.74, 6) is -3.84. The topological polar surface area (TPSA) is 96.2 Å². The minimum atomic E-state index is -2.34. The Morgan fingerprint density at radius 1 is 1.30 bits per heavy atom. The van der Waals surface area contributed by atoms with Gasteiger partial charge in [0.25, 0.3) is 0 Å². The van der Waals surface area contributed by atoms with E-state index in [1.54, 1.807) is 0 Å². The van der Waals surface area contributed by atoms with Crippen molar-refractivity contribution in [1.82, 2.24) is 0 Å². The number of carbonyl (C=O) groups is 1. The maximum atomic E-state index is 12.9. The van der Waals surface area contributed by atoms with Crippen LogP contribution in [0.2, 0.25) is 0 Å². The Labute approximate surface area is 113 Å². The molecule has 2 aliphatic rings. The van der Waals surface area contributed by atoms with Crippen molar-refractivity contribution in [3.05, 3.63) is 35.6 Å². The van der Waals surface area contributed by atoms with Crippen LogP contribution in [0.3, 0.4) is 0 Å². The maximum absolute atomic E-state index is 12.9. The smallest absolute Gasteiger partial charge is 0.344 e. The van der Waals surface area contributed by atoms with Crippen LogP contribution in [-0.4, -0.2) is 51.5 Å². The molecule has 0 saturated carbocycles. The van der Waals surface area contributed by atoms with Crippen LogP contribution < -0.4 is 0 Å². The monoisotopic (exact) mass is 284 g/mol. The van der Waals surface area contributed by atoms with Crippen molar-refractivity contribution in [2.45, 2.75) is 30.0 Å². The van der Waals surface area contributed by atoms with Crippen molar-refractivity contribution >= 4 is 5.97 Å². The number of hydrogen-bond acceptors (Lipinski definition) is 6. The summed E-state index contributed by atoms with van der Waals surface area (Å²) in [5, 5.41) is 30.4. The van der Waals surface area contributed by atoms with Gasteiger partial charge in [0.2, 0.25) is 11.4 Å². The van der Waals surface area contributed by atoms with E-state index in [2.05, 4.69) is 0 Å². The Kier molecular flexibility index (Phi) is 2.84. The van der Waals surface area contributed by atoms with Crippen LogP contribution in [0.15, 0.2) is 24.3 Å². The molecule has 0 unspecified atom stereocenters. The lowest BCUT2D eigenvalue weighted by Gasteiger charge is -2.31. The van der Waals surface area contributed by atoms with Crippen LogP contribution in [0.5, 0.6) is 0 Å². The van der Waals surface area contributed by atoms with E-state index < -0.39 is 35.4 Å². The SMILES string of the molecule is O=C1O[C@@H]2[C@@H](O)CO[C@]2(O)[C@]1(O)Cc1ccc(F)cc1. The number of aliphatic hydroxyl groups excluding tert-OH is 1. The van der Waals surface area contributed by atoms with Crippen molar-refractivity contribution in [1.29, 1.82) is 0 Å². The average molecular weight is 284 g/mol. The predicted molar refractivity (Wildman–Crippen MR) is 61.8 cm³/mol. The van der Waals surface area contributed by atoms with Crippen molar-refractivity contribution in [3.8, 4) is 0 Å². The Morgan fingerprint density at radius 3 is 2.60 bits per heavy atom. The highest BCUT2D eigenvalue weighted by Crippen LogP contribution is 2.44. The van der Waals surface area contributed by atoms with Crippen molar-refractivity contribution < 1.29 is 34.0 Å². The van der Waals surface area contributed by atoms with Crippen LogP contribution in [0.25, 0.3) is 0 Å². The van der Waals surface area contributed by atoms with Crippen LogP contribution in [0.4, 0.5) is 4.39 Å². The number of aliphatic hydroxyl groups is 3. The van der Waals surface area contributed by atoms with E-state index >= 15 is 0 Å². The molecule has 2 fully saturated rings. The van der Waals surface area contributed by atoms with Crippen molar-refractivity contribution in [2.75, 3.05) is 6.61 Å². The van der Waals surface area contributed by atoms with Gasteiger partial charge in [0.05, 0.1) is 6.61 Å². The van der Waals surface area contributed by atoms with E-state index in [0.29, 0.717) is 5.56 Å². The highest BCUT2D eigenvalue weighted by atomic mass is 19.1. The van der Waals surface area contributed by atoms with Crippen molar-refractivity contribution in [3.63, 3.8) is 0 Å². The van der Waals surface area contributed by atoms with Gasteiger partial charge in [-0.2, -0.15) is 0 Å². The van der Waals surface area contributed by atoms with E-state index in [4.69, 9.17) is 9.47 Å². The molecule has 20 heavy (non-hydrogen) atoms. The van der Waals surface area contributed by atoms with Gasteiger partial charge in [0, 0.05) is 6.42 Å². The third-order valence-corrected chi connectivity index (χ3v) is 3.75. The lowest BCUT2D eigenvalue weighted by Crippen LogP contribution is -2.59. The zero-order chi connectivity index (χ0) is 14.5. The lowest BCUT2D eigenvalue weighted by atomic mass is 9.85. The van der Waals surface area contributed by atoms with Crippen LogP contribution in [0, 0.1) is 5.82 Å². The number of carbonyl (C=O) groups excluding carboxylic acids is 1. The minimum Gasteiger partial charge on any atom is -0.451 e. The number of esters is 1. The zero-order valence-corrected chi connectivity index (χ0v) is 10.3. The first-order valence-electron chi connectivity index (χ1n) is 6.09. The van der Waals surface area contributed by atoms with E-state index in [1.807, 2.05) is 0 Å². The molecule has 0 amide bonds. The van der Waals surface area contributed by atoms with Gasteiger partial charge in [-0.1, -0.05) is 12.1 Å². The van der Waals surface area contributed by atoms with Gasteiger partial charge in [-0.25, -0.2) is 9.18 Å². The van der Waals surface area contributed by atoms with Crippen LogP contribution >= 0.6 is 0 Å². The highest BCUT2D eigenvalue weighted by molar-refractivity contribution is 5.84. The number of hydrogen-bond donors (Lipinski definition) is 3. The van der Waals surface area contributed by atoms with Crippen LogP contribution in [0.1, 0.15) is 5.56 Å². The molecular formula is C13H13FO6. The van der Waals surface area contributed by atoms with E-state index in [0.717, 1.165) is 0 Å². The molecule has 6 nitrogen and oxygen atoms in total. The fourth-order valence-electron chi connectivity index (χ4n) is 2.61. The van der Waals surface area contributed by atoms with Gasteiger partial charge in [0.1, 0.15) is 11.9 Å². The third kappa shape index (κ3) is 1.68. The number of ether oxygens (including phenoxy) is 2. The normalized spacial score (nSPS) is 39.7. The first-order chi connectivity index (χ1) is 9.37.